The van der Waals surface area contributed by atoms with E-state index in [0.29, 0.717) is 5.73 Å². The third-order valence-corrected chi connectivity index (χ3v) is 10.9. The van der Waals surface area contributed by atoms with Gasteiger partial charge in [-0.05, 0) is 46.0 Å². The van der Waals surface area contributed by atoms with Crippen LogP contribution in [-0.4, -0.2) is 36.4 Å². The van der Waals surface area contributed by atoms with E-state index in [1.54, 1.807) is 0 Å². The van der Waals surface area contributed by atoms with Crippen molar-refractivity contribution in [2.45, 2.75) is 90.4 Å². The van der Waals surface area contributed by atoms with Crippen LogP contribution >= 0.6 is 0 Å². The van der Waals surface area contributed by atoms with Crippen LogP contribution in [0, 0.1) is 0 Å². The third kappa shape index (κ3) is 6.71. The fraction of sp³-hybridized carbons (Fsp3) is 1.00. The van der Waals surface area contributed by atoms with E-state index >= 15 is 0 Å². The van der Waals surface area contributed by atoms with Gasteiger partial charge >= 0.3 is 0 Å². The molecule has 0 saturated carbocycles. The summed E-state index contributed by atoms with van der Waals surface area (Å²) in [5, 5.41) is -0.0163. The second-order valence-corrected chi connectivity index (χ2v) is 20.5. The van der Waals surface area contributed by atoms with Crippen LogP contribution in [0.3, 0.4) is 0 Å². The Balaban J connectivity index is 4.89. The maximum absolute atomic E-state index is 6.56. The molecule has 0 fully saturated rings. The first kappa shape index (κ1) is 19.6. The van der Waals surface area contributed by atoms with Crippen LogP contribution in [0.15, 0.2) is 0 Å². The van der Waals surface area contributed by atoms with E-state index in [9.17, 15) is 0 Å². The largest absolute Gasteiger partial charge is 0.418 e. The second kappa shape index (κ2) is 7.02. The van der Waals surface area contributed by atoms with Gasteiger partial charge in [0.1, 0.15) is 0 Å². The van der Waals surface area contributed by atoms with Gasteiger partial charge in [-0.3, -0.25) is 0 Å². The molecule has 0 rings (SSSR count). The standard InChI is InChI=1S/C14H36O2Si3/c1-11-13(18(5,6)7)15-17(4)14(3,12-2)16-19(8,9)10/h13,17H,11-12H2,1-10H3/t13?,14-,17?/m1/s1. The topological polar surface area (TPSA) is 18.5 Å². The highest BCUT2D eigenvalue weighted by Gasteiger charge is 2.40. The molecule has 0 aliphatic rings. The van der Waals surface area contributed by atoms with Gasteiger partial charge < -0.3 is 8.85 Å². The molecule has 3 atom stereocenters. The molecule has 0 aromatic carbocycles. The molecule has 0 aromatic rings. The number of rotatable bonds is 8. The van der Waals surface area contributed by atoms with Gasteiger partial charge in [0.2, 0.25) is 9.04 Å². The summed E-state index contributed by atoms with van der Waals surface area (Å²) in [6, 6.07) is 0. The lowest BCUT2D eigenvalue weighted by Crippen LogP contribution is -2.54. The van der Waals surface area contributed by atoms with Gasteiger partial charge in [-0.25, -0.2) is 0 Å². The van der Waals surface area contributed by atoms with Crippen LogP contribution in [0.2, 0.25) is 45.8 Å². The average Bonchev–Trinajstić information content (AvgIpc) is 2.21. The molecule has 19 heavy (non-hydrogen) atoms. The molecule has 0 spiro atoms. The molecule has 0 N–H and O–H groups in total. The highest BCUT2D eigenvalue weighted by molar-refractivity contribution is 6.78. The summed E-state index contributed by atoms with van der Waals surface area (Å²) in [5.74, 6) is 0. The van der Waals surface area contributed by atoms with Gasteiger partial charge in [-0.2, -0.15) is 0 Å². The molecule has 2 unspecified atom stereocenters. The smallest absolute Gasteiger partial charge is 0.203 e. The van der Waals surface area contributed by atoms with Crippen molar-refractivity contribution in [1.82, 2.24) is 0 Å². The van der Waals surface area contributed by atoms with Gasteiger partial charge in [0.15, 0.2) is 8.32 Å². The molecule has 5 heteroatoms. The molecule has 116 valence electrons. The van der Waals surface area contributed by atoms with Crippen LogP contribution in [-0.2, 0) is 8.85 Å². The van der Waals surface area contributed by atoms with Crippen molar-refractivity contribution in [3.8, 4) is 0 Å². The van der Waals surface area contributed by atoms with Gasteiger partial charge in [0.25, 0.3) is 0 Å². The minimum atomic E-state index is -1.52. The van der Waals surface area contributed by atoms with E-state index in [0.717, 1.165) is 12.8 Å². The van der Waals surface area contributed by atoms with Crippen LogP contribution in [0.5, 0.6) is 0 Å². The van der Waals surface area contributed by atoms with Crippen molar-refractivity contribution in [2.24, 2.45) is 0 Å². The Hall–Kier alpha value is 0.571. The molecule has 0 heterocycles. The first-order chi connectivity index (χ1) is 8.35. The zero-order valence-electron chi connectivity index (χ0n) is 14.9. The molecular formula is C14H36O2Si3. The molecule has 0 radical (unpaired) electrons. The lowest BCUT2D eigenvalue weighted by molar-refractivity contribution is 0.119. The molecular weight excluding hydrogens is 284 g/mol. The van der Waals surface area contributed by atoms with Crippen molar-refractivity contribution in [2.75, 3.05) is 0 Å². The van der Waals surface area contributed by atoms with E-state index < -0.39 is 25.4 Å². The van der Waals surface area contributed by atoms with E-state index in [-0.39, 0.29) is 5.22 Å². The van der Waals surface area contributed by atoms with E-state index in [4.69, 9.17) is 8.85 Å². The minimum Gasteiger partial charge on any atom is -0.418 e. The molecule has 2 nitrogen and oxygen atoms in total. The Kier molecular flexibility index (Phi) is 7.23. The summed E-state index contributed by atoms with van der Waals surface area (Å²) in [5.41, 5.74) is 0.477. The van der Waals surface area contributed by atoms with Gasteiger partial charge in [0.05, 0.1) is 13.3 Å². The number of hydrogen-bond donors (Lipinski definition) is 0. The zero-order valence-corrected chi connectivity index (χ0v) is 18.0. The highest BCUT2D eigenvalue weighted by atomic mass is 28.4. The molecule has 0 saturated heterocycles. The van der Waals surface area contributed by atoms with E-state index in [1.165, 1.54) is 0 Å². The Morgan fingerprint density at radius 2 is 1.53 bits per heavy atom. The maximum atomic E-state index is 6.56. The van der Waals surface area contributed by atoms with Crippen LogP contribution < -0.4 is 0 Å². The van der Waals surface area contributed by atoms with Crippen LogP contribution in [0.4, 0.5) is 0 Å². The molecule has 0 aliphatic carbocycles. The minimum absolute atomic E-state index is 0.0163. The Labute approximate surface area is 125 Å². The van der Waals surface area contributed by atoms with Gasteiger partial charge in [-0.15, -0.1) is 0 Å². The fourth-order valence-corrected chi connectivity index (χ4v) is 10.7. The van der Waals surface area contributed by atoms with Crippen molar-refractivity contribution >= 4 is 25.4 Å². The van der Waals surface area contributed by atoms with Crippen molar-refractivity contribution < 1.29 is 8.85 Å². The average molecular weight is 321 g/mol. The molecule has 0 aromatic heterocycles. The zero-order chi connectivity index (χ0) is 15.5. The quantitative estimate of drug-likeness (QED) is 0.610. The monoisotopic (exact) mass is 320 g/mol. The third-order valence-electron chi connectivity index (χ3n) is 3.81. The number of hydrogen-bond acceptors (Lipinski definition) is 2. The maximum Gasteiger partial charge on any atom is 0.203 e. The first-order valence-electron chi connectivity index (χ1n) is 7.71. The lowest BCUT2D eigenvalue weighted by atomic mass is 10.3. The highest BCUT2D eigenvalue weighted by Crippen LogP contribution is 2.27. The van der Waals surface area contributed by atoms with E-state index in [1.807, 2.05) is 0 Å². The Bertz CT molecular complexity index is 271. The normalized spacial score (nSPS) is 19.9. The fourth-order valence-electron chi connectivity index (χ4n) is 2.45. The van der Waals surface area contributed by atoms with Crippen molar-refractivity contribution in [3.63, 3.8) is 0 Å². The summed E-state index contributed by atoms with van der Waals surface area (Å²) in [6.45, 7) is 23.1. The second-order valence-electron chi connectivity index (χ2n) is 7.92. The molecule has 0 bridgehead atoms. The summed E-state index contributed by atoms with van der Waals surface area (Å²) < 4.78 is 13.0. The van der Waals surface area contributed by atoms with Crippen molar-refractivity contribution in [1.29, 1.82) is 0 Å². The summed E-state index contributed by atoms with van der Waals surface area (Å²) >= 11 is 0. The first-order valence-corrected chi connectivity index (χ1v) is 16.9. The van der Waals surface area contributed by atoms with Gasteiger partial charge in [-0.1, -0.05) is 33.5 Å². The van der Waals surface area contributed by atoms with Crippen LogP contribution in [0.1, 0.15) is 33.6 Å². The summed E-state index contributed by atoms with van der Waals surface area (Å²) in [4.78, 5) is 0. The lowest BCUT2D eigenvalue weighted by Gasteiger charge is -2.42. The van der Waals surface area contributed by atoms with E-state index in [2.05, 4.69) is 66.6 Å². The summed E-state index contributed by atoms with van der Waals surface area (Å²) in [7, 11) is -4.11. The van der Waals surface area contributed by atoms with Crippen molar-refractivity contribution in [3.05, 3.63) is 0 Å². The summed E-state index contributed by atoms with van der Waals surface area (Å²) in [6.07, 6.45) is 2.20. The predicted molar refractivity (Wildman–Crippen MR) is 94.7 cm³/mol. The molecule has 0 aliphatic heterocycles. The Morgan fingerprint density at radius 1 is 1.05 bits per heavy atom. The van der Waals surface area contributed by atoms with Gasteiger partial charge in [0, 0.05) is 5.73 Å². The van der Waals surface area contributed by atoms with Crippen LogP contribution in [0.25, 0.3) is 0 Å². The predicted octanol–water partition coefficient (Wildman–Crippen LogP) is 4.57. The molecule has 0 amide bonds. The SMILES string of the molecule is CCC(O[SiH](C)[C@](C)(CC)O[Si](C)(C)C)[Si](C)(C)C. The Morgan fingerprint density at radius 3 is 1.79 bits per heavy atom.